The van der Waals surface area contributed by atoms with Gasteiger partial charge in [0.1, 0.15) is 0 Å². The van der Waals surface area contributed by atoms with Crippen LogP contribution in [0.3, 0.4) is 0 Å². The van der Waals surface area contributed by atoms with Crippen LogP contribution in [0.25, 0.3) is 0 Å². The summed E-state index contributed by atoms with van der Waals surface area (Å²) in [5, 5.41) is 6.18. The molecule has 0 saturated heterocycles. The van der Waals surface area contributed by atoms with Crippen LogP contribution in [0, 0.1) is 11.8 Å². The van der Waals surface area contributed by atoms with Crippen LogP contribution in [-0.4, -0.2) is 38.3 Å². The van der Waals surface area contributed by atoms with Gasteiger partial charge in [0.05, 0.1) is 13.2 Å². The molecule has 1 atom stereocenters. The SMILES string of the molecule is CCOCC(NCC(=O)NCCC(C)C)C(C)C. The maximum Gasteiger partial charge on any atom is 0.233 e. The molecule has 1 amide bonds. The van der Waals surface area contributed by atoms with E-state index in [9.17, 15) is 4.79 Å². The molecule has 2 N–H and O–H groups in total. The molecule has 1 unspecified atom stereocenters. The van der Waals surface area contributed by atoms with E-state index in [0.717, 1.165) is 13.0 Å². The van der Waals surface area contributed by atoms with E-state index < -0.39 is 0 Å². The topological polar surface area (TPSA) is 50.4 Å². The van der Waals surface area contributed by atoms with Gasteiger partial charge in [-0.15, -0.1) is 0 Å². The molecule has 0 saturated carbocycles. The number of hydrogen-bond donors (Lipinski definition) is 2. The van der Waals surface area contributed by atoms with Gasteiger partial charge in [0.15, 0.2) is 0 Å². The minimum absolute atomic E-state index is 0.0674. The van der Waals surface area contributed by atoms with Gasteiger partial charge in [0.2, 0.25) is 5.91 Å². The van der Waals surface area contributed by atoms with Crippen LogP contribution < -0.4 is 10.6 Å². The molecule has 0 fully saturated rings. The van der Waals surface area contributed by atoms with Crippen LogP contribution in [0.15, 0.2) is 0 Å². The van der Waals surface area contributed by atoms with Crippen LogP contribution >= 0.6 is 0 Å². The van der Waals surface area contributed by atoms with Crippen molar-refractivity contribution >= 4 is 5.91 Å². The van der Waals surface area contributed by atoms with Crippen molar-refractivity contribution in [1.29, 1.82) is 0 Å². The molecule has 0 heterocycles. The van der Waals surface area contributed by atoms with Crippen LogP contribution in [0.1, 0.15) is 41.0 Å². The van der Waals surface area contributed by atoms with Crippen molar-refractivity contribution in [2.75, 3.05) is 26.3 Å². The number of rotatable bonds is 10. The highest BCUT2D eigenvalue weighted by Crippen LogP contribution is 2.01. The lowest BCUT2D eigenvalue weighted by atomic mass is 10.1. The molecule has 0 radical (unpaired) electrons. The van der Waals surface area contributed by atoms with Crippen LogP contribution in [0.5, 0.6) is 0 Å². The molecular formula is C14H30N2O2. The molecule has 0 aliphatic heterocycles. The second kappa shape index (κ2) is 10.3. The van der Waals surface area contributed by atoms with E-state index >= 15 is 0 Å². The fourth-order valence-electron chi connectivity index (χ4n) is 1.52. The fourth-order valence-corrected chi connectivity index (χ4v) is 1.52. The Bertz CT molecular complexity index is 218. The molecule has 0 aromatic heterocycles. The third-order valence-electron chi connectivity index (χ3n) is 2.87. The highest BCUT2D eigenvalue weighted by atomic mass is 16.5. The highest BCUT2D eigenvalue weighted by Gasteiger charge is 2.14. The number of amides is 1. The molecule has 0 aromatic rings. The summed E-state index contributed by atoms with van der Waals surface area (Å²) in [6.45, 7) is 13.1. The normalized spacial score (nSPS) is 13.1. The Kier molecular flexibility index (Phi) is 9.98. The molecule has 4 heteroatoms. The number of carbonyl (C=O) groups excluding carboxylic acids is 1. The van der Waals surface area contributed by atoms with Gasteiger partial charge >= 0.3 is 0 Å². The summed E-state index contributed by atoms with van der Waals surface area (Å²) in [7, 11) is 0. The highest BCUT2D eigenvalue weighted by molar-refractivity contribution is 5.77. The van der Waals surface area contributed by atoms with Gasteiger partial charge in [0, 0.05) is 19.2 Å². The predicted octanol–water partition coefficient (Wildman–Crippen LogP) is 1.80. The van der Waals surface area contributed by atoms with Gasteiger partial charge in [-0.05, 0) is 25.2 Å². The maximum atomic E-state index is 11.6. The number of carbonyl (C=O) groups is 1. The van der Waals surface area contributed by atoms with Crippen molar-refractivity contribution in [2.24, 2.45) is 11.8 Å². The summed E-state index contributed by atoms with van der Waals surface area (Å²) in [6, 6.07) is 0.237. The lowest BCUT2D eigenvalue weighted by Crippen LogP contribution is -2.44. The summed E-state index contributed by atoms with van der Waals surface area (Å²) in [5.41, 5.74) is 0. The summed E-state index contributed by atoms with van der Waals surface area (Å²) in [6.07, 6.45) is 1.03. The van der Waals surface area contributed by atoms with Gasteiger partial charge < -0.3 is 15.4 Å². The summed E-state index contributed by atoms with van der Waals surface area (Å²) in [5.74, 6) is 1.15. The minimum atomic E-state index is 0.0674. The van der Waals surface area contributed by atoms with Gasteiger partial charge in [-0.1, -0.05) is 27.7 Å². The van der Waals surface area contributed by atoms with Crippen molar-refractivity contribution in [1.82, 2.24) is 10.6 Å². The van der Waals surface area contributed by atoms with Gasteiger partial charge in [-0.2, -0.15) is 0 Å². The molecule has 0 rings (SSSR count). The fraction of sp³-hybridized carbons (Fsp3) is 0.929. The van der Waals surface area contributed by atoms with Gasteiger partial charge in [-0.25, -0.2) is 0 Å². The summed E-state index contributed by atoms with van der Waals surface area (Å²) < 4.78 is 5.41. The van der Waals surface area contributed by atoms with E-state index in [4.69, 9.17) is 4.74 Å². The molecule has 108 valence electrons. The monoisotopic (exact) mass is 258 g/mol. The third-order valence-corrected chi connectivity index (χ3v) is 2.87. The first-order chi connectivity index (χ1) is 8.47. The van der Waals surface area contributed by atoms with Crippen molar-refractivity contribution in [2.45, 2.75) is 47.1 Å². The molecule has 0 spiro atoms. The lowest BCUT2D eigenvalue weighted by molar-refractivity contribution is -0.120. The van der Waals surface area contributed by atoms with E-state index in [1.165, 1.54) is 0 Å². The summed E-state index contributed by atoms with van der Waals surface area (Å²) in [4.78, 5) is 11.6. The molecule has 0 bridgehead atoms. The standard InChI is InChI=1S/C14H30N2O2/c1-6-18-10-13(12(4)5)16-9-14(17)15-8-7-11(2)3/h11-13,16H,6-10H2,1-5H3,(H,15,17). The maximum absolute atomic E-state index is 11.6. The molecule has 0 aromatic carbocycles. The molecule has 18 heavy (non-hydrogen) atoms. The second-order valence-electron chi connectivity index (χ2n) is 5.42. The quantitative estimate of drug-likeness (QED) is 0.628. The zero-order valence-electron chi connectivity index (χ0n) is 12.6. The van der Waals surface area contributed by atoms with E-state index in [2.05, 4.69) is 38.3 Å². The Balaban J connectivity index is 3.78. The van der Waals surface area contributed by atoms with Gasteiger partial charge in [-0.3, -0.25) is 4.79 Å². The first-order valence-corrected chi connectivity index (χ1v) is 7.05. The average molecular weight is 258 g/mol. The first-order valence-electron chi connectivity index (χ1n) is 7.05. The van der Waals surface area contributed by atoms with Crippen LogP contribution in [-0.2, 0) is 9.53 Å². The van der Waals surface area contributed by atoms with Crippen LogP contribution in [0.4, 0.5) is 0 Å². The largest absolute Gasteiger partial charge is 0.380 e. The predicted molar refractivity (Wildman–Crippen MR) is 75.6 cm³/mol. The van der Waals surface area contributed by atoms with E-state index in [1.54, 1.807) is 0 Å². The molecule has 0 aliphatic carbocycles. The van der Waals surface area contributed by atoms with Crippen molar-refractivity contribution in [3.63, 3.8) is 0 Å². The Labute approximate surface area is 112 Å². The zero-order valence-corrected chi connectivity index (χ0v) is 12.6. The Morgan fingerprint density at radius 2 is 1.89 bits per heavy atom. The Hall–Kier alpha value is -0.610. The summed E-state index contributed by atoms with van der Waals surface area (Å²) >= 11 is 0. The lowest BCUT2D eigenvalue weighted by Gasteiger charge is -2.22. The zero-order chi connectivity index (χ0) is 14.0. The van der Waals surface area contributed by atoms with Crippen LogP contribution in [0.2, 0.25) is 0 Å². The Morgan fingerprint density at radius 1 is 1.22 bits per heavy atom. The van der Waals surface area contributed by atoms with Crippen molar-refractivity contribution < 1.29 is 9.53 Å². The smallest absolute Gasteiger partial charge is 0.233 e. The molecule has 0 aliphatic rings. The van der Waals surface area contributed by atoms with Crippen molar-refractivity contribution in [3.8, 4) is 0 Å². The third kappa shape index (κ3) is 9.42. The number of ether oxygens (including phenoxy) is 1. The second-order valence-corrected chi connectivity index (χ2v) is 5.42. The van der Waals surface area contributed by atoms with Crippen molar-refractivity contribution in [3.05, 3.63) is 0 Å². The van der Waals surface area contributed by atoms with E-state index in [0.29, 0.717) is 31.6 Å². The number of nitrogens with one attached hydrogen (secondary N) is 2. The number of hydrogen-bond acceptors (Lipinski definition) is 3. The van der Waals surface area contributed by atoms with E-state index in [1.807, 2.05) is 6.92 Å². The Morgan fingerprint density at radius 3 is 2.39 bits per heavy atom. The average Bonchev–Trinajstić information content (AvgIpc) is 2.28. The molecule has 4 nitrogen and oxygen atoms in total. The van der Waals surface area contributed by atoms with E-state index in [-0.39, 0.29) is 11.9 Å². The van der Waals surface area contributed by atoms with Gasteiger partial charge in [0.25, 0.3) is 0 Å². The first kappa shape index (κ1) is 17.4. The molecular weight excluding hydrogens is 228 g/mol. The minimum Gasteiger partial charge on any atom is -0.380 e.